The Labute approximate surface area is 135 Å². The molecule has 2 rings (SSSR count). The van der Waals surface area contributed by atoms with E-state index in [1.807, 2.05) is 12.1 Å². The molecule has 0 fully saturated rings. The summed E-state index contributed by atoms with van der Waals surface area (Å²) in [5.41, 5.74) is 5.74. The van der Waals surface area contributed by atoms with E-state index in [0.717, 1.165) is 9.64 Å². The molecule has 0 spiro atoms. The van der Waals surface area contributed by atoms with E-state index in [2.05, 4.69) is 22.6 Å². The Balaban J connectivity index is 2.38. The first-order valence-electron chi connectivity index (χ1n) is 6.21. The molecule has 0 unspecified atom stereocenters. The molecule has 0 aliphatic rings. The van der Waals surface area contributed by atoms with Gasteiger partial charge in [-0.3, -0.25) is 0 Å². The summed E-state index contributed by atoms with van der Waals surface area (Å²) in [7, 11) is 0. The van der Waals surface area contributed by atoms with Gasteiger partial charge in [-0.2, -0.15) is 0 Å². The minimum absolute atomic E-state index is 0.0149. The van der Waals surface area contributed by atoms with Crippen molar-refractivity contribution in [2.24, 2.45) is 0 Å². The molecule has 0 aliphatic carbocycles. The van der Waals surface area contributed by atoms with E-state index in [1.54, 1.807) is 19.1 Å². The van der Waals surface area contributed by atoms with Crippen LogP contribution in [0.2, 0.25) is 0 Å². The molecule has 6 heteroatoms. The molecule has 0 radical (unpaired) electrons. The second kappa shape index (κ2) is 6.75. The average Bonchev–Trinajstić information content (AvgIpc) is 2.44. The van der Waals surface area contributed by atoms with Gasteiger partial charge in [-0.05, 0) is 41.6 Å². The van der Waals surface area contributed by atoms with E-state index in [0.29, 0.717) is 5.75 Å². The Bertz CT molecular complexity index is 676. The Morgan fingerprint density at radius 1 is 1.29 bits per heavy atom. The normalized spacial score (nSPS) is 10.2. The van der Waals surface area contributed by atoms with Crippen molar-refractivity contribution in [1.29, 1.82) is 0 Å². The van der Waals surface area contributed by atoms with Crippen molar-refractivity contribution in [3.63, 3.8) is 0 Å². The van der Waals surface area contributed by atoms with E-state index in [1.165, 1.54) is 6.07 Å². The number of benzene rings is 2. The molecule has 0 aliphatic heterocycles. The number of halogens is 2. The topological polar surface area (TPSA) is 61.5 Å². The first kappa shape index (κ1) is 15.6. The van der Waals surface area contributed by atoms with Gasteiger partial charge in [-0.15, -0.1) is 0 Å². The van der Waals surface area contributed by atoms with Gasteiger partial charge in [0, 0.05) is 17.8 Å². The van der Waals surface area contributed by atoms with Gasteiger partial charge in [0.25, 0.3) is 0 Å². The van der Waals surface area contributed by atoms with Gasteiger partial charge in [0.05, 0.1) is 15.7 Å². The van der Waals surface area contributed by atoms with Crippen LogP contribution in [0.4, 0.5) is 10.1 Å². The molecular formula is C15H13FINO3. The Morgan fingerprint density at radius 2 is 2.00 bits per heavy atom. The first-order valence-corrected chi connectivity index (χ1v) is 7.29. The fourth-order valence-corrected chi connectivity index (χ4v) is 2.18. The maximum Gasteiger partial charge on any atom is 0.340 e. The van der Waals surface area contributed by atoms with Crippen LogP contribution in [0.25, 0.3) is 0 Å². The third kappa shape index (κ3) is 3.63. The number of anilines is 1. The zero-order valence-corrected chi connectivity index (χ0v) is 13.4. The van der Waals surface area contributed by atoms with Crippen molar-refractivity contribution in [2.45, 2.75) is 6.92 Å². The van der Waals surface area contributed by atoms with Crippen molar-refractivity contribution < 1.29 is 18.7 Å². The minimum atomic E-state index is -0.639. The SMILES string of the molecule is CCOC(=O)c1cc(Oc2ccccc2I)c(F)cc1N. The van der Waals surface area contributed by atoms with E-state index < -0.39 is 11.8 Å². The second-order valence-electron chi connectivity index (χ2n) is 4.12. The molecule has 0 saturated carbocycles. The summed E-state index contributed by atoms with van der Waals surface area (Å²) >= 11 is 2.08. The molecule has 110 valence electrons. The van der Waals surface area contributed by atoms with E-state index in [4.69, 9.17) is 15.2 Å². The highest BCUT2D eigenvalue weighted by Gasteiger charge is 2.17. The Kier molecular flexibility index (Phi) is 5.00. The number of carbonyl (C=O) groups is 1. The molecule has 4 nitrogen and oxygen atoms in total. The van der Waals surface area contributed by atoms with Gasteiger partial charge in [0.15, 0.2) is 11.6 Å². The zero-order valence-electron chi connectivity index (χ0n) is 11.2. The van der Waals surface area contributed by atoms with Gasteiger partial charge < -0.3 is 15.2 Å². The predicted molar refractivity (Wildman–Crippen MR) is 86.0 cm³/mol. The van der Waals surface area contributed by atoms with Crippen LogP contribution in [-0.4, -0.2) is 12.6 Å². The van der Waals surface area contributed by atoms with Crippen molar-refractivity contribution >= 4 is 34.2 Å². The van der Waals surface area contributed by atoms with Crippen LogP contribution in [0.5, 0.6) is 11.5 Å². The van der Waals surface area contributed by atoms with Gasteiger partial charge >= 0.3 is 5.97 Å². The summed E-state index contributed by atoms with van der Waals surface area (Å²) in [5, 5.41) is 0. The highest BCUT2D eigenvalue weighted by molar-refractivity contribution is 14.1. The molecule has 0 bridgehead atoms. The summed E-state index contributed by atoms with van der Waals surface area (Å²) in [5.74, 6) is -0.823. The van der Waals surface area contributed by atoms with Crippen LogP contribution in [0.15, 0.2) is 36.4 Å². The van der Waals surface area contributed by atoms with Crippen molar-refractivity contribution in [3.05, 3.63) is 51.3 Å². The maximum absolute atomic E-state index is 13.9. The number of hydrogen-bond donors (Lipinski definition) is 1. The van der Waals surface area contributed by atoms with E-state index >= 15 is 0 Å². The summed E-state index contributed by atoms with van der Waals surface area (Å²) in [6.45, 7) is 1.89. The first-order chi connectivity index (χ1) is 10.0. The lowest BCUT2D eigenvalue weighted by Crippen LogP contribution is -2.09. The number of nitrogens with two attached hydrogens (primary N) is 1. The van der Waals surface area contributed by atoms with Crippen LogP contribution in [0, 0.1) is 9.39 Å². The highest BCUT2D eigenvalue weighted by atomic mass is 127. The van der Waals surface area contributed by atoms with E-state index in [-0.39, 0.29) is 23.6 Å². The summed E-state index contributed by atoms with van der Waals surface area (Å²) in [6, 6.07) is 9.47. The molecule has 2 aromatic carbocycles. The molecule has 0 aromatic heterocycles. The highest BCUT2D eigenvalue weighted by Crippen LogP contribution is 2.31. The minimum Gasteiger partial charge on any atom is -0.462 e. The molecule has 21 heavy (non-hydrogen) atoms. The third-order valence-corrected chi connectivity index (χ3v) is 3.55. The van der Waals surface area contributed by atoms with Crippen LogP contribution >= 0.6 is 22.6 Å². The lowest BCUT2D eigenvalue weighted by molar-refractivity contribution is 0.0527. The lowest BCUT2D eigenvalue weighted by atomic mass is 10.1. The largest absolute Gasteiger partial charge is 0.462 e. The smallest absolute Gasteiger partial charge is 0.340 e. The zero-order chi connectivity index (χ0) is 15.4. The van der Waals surface area contributed by atoms with Crippen molar-refractivity contribution in [2.75, 3.05) is 12.3 Å². The molecular weight excluding hydrogens is 388 g/mol. The molecule has 0 amide bonds. The van der Waals surface area contributed by atoms with Crippen LogP contribution in [0.1, 0.15) is 17.3 Å². The number of para-hydroxylation sites is 1. The van der Waals surface area contributed by atoms with E-state index in [9.17, 15) is 9.18 Å². The number of carbonyl (C=O) groups excluding carboxylic acids is 1. The Morgan fingerprint density at radius 3 is 2.67 bits per heavy atom. The van der Waals surface area contributed by atoms with Crippen LogP contribution in [0.3, 0.4) is 0 Å². The molecule has 0 saturated heterocycles. The fourth-order valence-electron chi connectivity index (χ4n) is 1.68. The quantitative estimate of drug-likeness (QED) is 0.478. The van der Waals surface area contributed by atoms with Gasteiger partial charge in [0.2, 0.25) is 0 Å². The number of esters is 1. The monoisotopic (exact) mass is 401 g/mol. The number of rotatable bonds is 4. The standard InChI is InChI=1S/C15H13FINO3/c1-2-20-15(19)9-7-14(10(16)8-12(9)18)21-13-6-4-3-5-11(13)17/h3-8H,2,18H2,1H3. The summed E-state index contributed by atoms with van der Waals surface area (Å²) in [4.78, 5) is 11.8. The van der Waals surface area contributed by atoms with Gasteiger partial charge in [-0.1, -0.05) is 12.1 Å². The van der Waals surface area contributed by atoms with Gasteiger partial charge in [0.1, 0.15) is 5.75 Å². The third-order valence-electron chi connectivity index (χ3n) is 2.66. The number of nitrogen functional groups attached to an aromatic ring is 1. The molecule has 2 aromatic rings. The lowest BCUT2D eigenvalue weighted by Gasteiger charge is -2.11. The average molecular weight is 401 g/mol. The predicted octanol–water partition coefficient (Wildman–Crippen LogP) is 3.98. The molecule has 0 heterocycles. The maximum atomic E-state index is 13.9. The van der Waals surface area contributed by atoms with Gasteiger partial charge in [-0.25, -0.2) is 9.18 Å². The molecule has 0 atom stereocenters. The molecule has 2 N–H and O–H groups in total. The van der Waals surface area contributed by atoms with Crippen molar-refractivity contribution in [1.82, 2.24) is 0 Å². The van der Waals surface area contributed by atoms with Crippen LogP contribution < -0.4 is 10.5 Å². The Hall–Kier alpha value is -1.83. The fraction of sp³-hybridized carbons (Fsp3) is 0.133. The van der Waals surface area contributed by atoms with Crippen molar-refractivity contribution in [3.8, 4) is 11.5 Å². The summed E-state index contributed by atoms with van der Waals surface area (Å²) in [6.07, 6.45) is 0. The second-order valence-corrected chi connectivity index (χ2v) is 5.29. The number of ether oxygens (including phenoxy) is 2. The van der Waals surface area contributed by atoms with Crippen LogP contribution in [-0.2, 0) is 4.74 Å². The number of hydrogen-bond acceptors (Lipinski definition) is 4. The summed E-state index contributed by atoms with van der Waals surface area (Å²) < 4.78 is 25.2.